The van der Waals surface area contributed by atoms with Crippen molar-refractivity contribution >= 4 is 22.6 Å². The number of amides is 1. The number of nitrogens with two attached hydrogens (primary N) is 1. The van der Waals surface area contributed by atoms with Crippen LogP contribution >= 0.6 is 0 Å². The Hall–Kier alpha value is -2.63. The number of rotatable bonds is 5. The molecule has 6 heteroatoms. The molecule has 2 rings (SSSR count). The SMILES string of the molecule is CC(C(=O)NCCc1cccc2cccnc12)/C(N)=N/O. The summed E-state index contributed by atoms with van der Waals surface area (Å²) in [6, 6.07) is 9.87. The number of benzene rings is 1. The zero-order valence-corrected chi connectivity index (χ0v) is 11.8. The molecule has 0 saturated heterocycles. The van der Waals surface area contributed by atoms with Crippen molar-refractivity contribution in [3.8, 4) is 0 Å². The van der Waals surface area contributed by atoms with Gasteiger partial charge in [-0.25, -0.2) is 0 Å². The Kier molecular flexibility index (Phi) is 4.71. The van der Waals surface area contributed by atoms with E-state index in [0.717, 1.165) is 16.5 Å². The number of pyridine rings is 1. The lowest BCUT2D eigenvalue weighted by Crippen LogP contribution is -2.38. The van der Waals surface area contributed by atoms with Gasteiger partial charge in [0.1, 0.15) is 0 Å². The van der Waals surface area contributed by atoms with Gasteiger partial charge in [0.15, 0.2) is 5.84 Å². The van der Waals surface area contributed by atoms with Gasteiger partial charge in [-0.1, -0.05) is 29.4 Å². The monoisotopic (exact) mass is 286 g/mol. The van der Waals surface area contributed by atoms with Crippen molar-refractivity contribution in [2.45, 2.75) is 13.3 Å². The highest BCUT2D eigenvalue weighted by Gasteiger charge is 2.16. The molecule has 1 unspecified atom stereocenters. The van der Waals surface area contributed by atoms with Gasteiger partial charge in [0.05, 0.1) is 11.4 Å². The highest BCUT2D eigenvalue weighted by atomic mass is 16.4. The van der Waals surface area contributed by atoms with Gasteiger partial charge < -0.3 is 16.3 Å². The van der Waals surface area contributed by atoms with Gasteiger partial charge in [-0.05, 0) is 25.0 Å². The van der Waals surface area contributed by atoms with Gasteiger partial charge in [0.25, 0.3) is 0 Å². The Labute approximate surface area is 122 Å². The Morgan fingerprint density at radius 2 is 2.19 bits per heavy atom. The van der Waals surface area contributed by atoms with Crippen LogP contribution in [-0.4, -0.2) is 28.5 Å². The van der Waals surface area contributed by atoms with Gasteiger partial charge >= 0.3 is 0 Å². The molecule has 6 nitrogen and oxygen atoms in total. The maximum atomic E-state index is 11.8. The summed E-state index contributed by atoms with van der Waals surface area (Å²) in [7, 11) is 0. The molecule has 4 N–H and O–H groups in total. The second-order valence-corrected chi connectivity index (χ2v) is 4.78. The molecule has 1 aromatic carbocycles. The van der Waals surface area contributed by atoms with E-state index in [1.807, 2.05) is 30.3 Å². The Balaban J connectivity index is 1.98. The fourth-order valence-electron chi connectivity index (χ4n) is 2.06. The van der Waals surface area contributed by atoms with Crippen LogP contribution < -0.4 is 11.1 Å². The van der Waals surface area contributed by atoms with Crippen LogP contribution in [0.5, 0.6) is 0 Å². The van der Waals surface area contributed by atoms with E-state index in [1.165, 1.54) is 0 Å². The van der Waals surface area contributed by atoms with E-state index >= 15 is 0 Å². The zero-order chi connectivity index (χ0) is 15.2. The highest BCUT2D eigenvalue weighted by molar-refractivity contribution is 6.01. The van der Waals surface area contributed by atoms with Crippen LogP contribution in [0.1, 0.15) is 12.5 Å². The van der Waals surface area contributed by atoms with Crippen LogP contribution in [0.2, 0.25) is 0 Å². The Morgan fingerprint density at radius 1 is 1.43 bits per heavy atom. The molecule has 0 radical (unpaired) electrons. The molecule has 1 heterocycles. The summed E-state index contributed by atoms with van der Waals surface area (Å²) in [5, 5.41) is 15.2. The summed E-state index contributed by atoms with van der Waals surface area (Å²) in [5.41, 5.74) is 7.42. The number of hydrogen-bond donors (Lipinski definition) is 3. The minimum absolute atomic E-state index is 0.0978. The zero-order valence-electron chi connectivity index (χ0n) is 11.8. The predicted octanol–water partition coefficient (Wildman–Crippen LogP) is 1.28. The summed E-state index contributed by atoms with van der Waals surface area (Å²) in [6.07, 6.45) is 2.42. The molecule has 0 saturated carbocycles. The van der Waals surface area contributed by atoms with Crippen molar-refractivity contribution in [2.24, 2.45) is 16.8 Å². The minimum atomic E-state index is -0.652. The molecule has 21 heavy (non-hydrogen) atoms. The van der Waals surface area contributed by atoms with E-state index in [4.69, 9.17) is 10.9 Å². The lowest BCUT2D eigenvalue weighted by atomic mass is 10.1. The molecule has 2 aromatic rings. The minimum Gasteiger partial charge on any atom is -0.409 e. The van der Waals surface area contributed by atoms with Crippen LogP contribution in [0.15, 0.2) is 41.7 Å². The van der Waals surface area contributed by atoms with E-state index in [9.17, 15) is 4.79 Å². The number of fused-ring (bicyclic) bond motifs is 1. The number of amidine groups is 1. The van der Waals surface area contributed by atoms with E-state index in [2.05, 4.69) is 15.5 Å². The number of para-hydroxylation sites is 1. The first-order valence-electron chi connectivity index (χ1n) is 6.71. The molecular weight excluding hydrogens is 268 g/mol. The lowest BCUT2D eigenvalue weighted by molar-refractivity contribution is -0.122. The van der Waals surface area contributed by atoms with E-state index in [0.29, 0.717) is 13.0 Å². The fraction of sp³-hybridized carbons (Fsp3) is 0.267. The molecule has 0 aliphatic heterocycles. The van der Waals surface area contributed by atoms with Crippen molar-refractivity contribution in [1.82, 2.24) is 10.3 Å². The molecule has 1 atom stereocenters. The van der Waals surface area contributed by atoms with Crippen LogP contribution in [0.4, 0.5) is 0 Å². The summed E-state index contributed by atoms with van der Waals surface area (Å²) in [5.74, 6) is -1.02. The van der Waals surface area contributed by atoms with E-state index in [-0.39, 0.29) is 11.7 Å². The van der Waals surface area contributed by atoms with Crippen LogP contribution in [0, 0.1) is 5.92 Å². The second kappa shape index (κ2) is 6.69. The third-order valence-corrected chi connectivity index (χ3v) is 3.36. The first-order chi connectivity index (χ1) is 10.1. The number of nitrogens with one attached hydrogen (secondary N) is 1. The molecule has 1 aromatic heterocycles. The van der Waals surface area contributed by atoms with Gasteiger partial charge in [-0.15, -0.1) is 0 Å². The maximum Gasteiger partial charge on any atom is 0.230 e. The van der Waals surface area contributed by atoms with Gasteiger partial charge in [-0.3, -0.25) is 9.78 Å². The third kappa shape index (κ3) is 3.47. The number of aromatic nitrogens is 1. The molecule has 1 amide bonds. The molecule has 0 spiro atoms. The van der Waals surface area contributed by atoms with Crippen molar-refractivity contribution in [1.29, 1.82) is 0 Å². The fourth-order valence-corrected chi connectivity index (χ4v) is 2.06. The van der Waals surface area contributed by atoms with Gasteiger partial charge in [-0.2, -0.15) is 0 Å². The average Bonchev–Trinajstić information content (AvgIpc) is 2.53. The standard InChI is InChI=1S/C15H18N4O2/c1-10(14(16)19-21)15(20)18-9-7-12-5-2-4-11-6-3-8-17-13(11)12/h2-6,8,10,21H,7,9H2,1H3,(H2,16,19)(H,18,20). The molecular formula is C15H18N4O2. The number of carbonyl (C=O) groups excluding carboxylic acids is 1. The molecule has 0 aliphatic carbocycles. The molecule has 0 bridgehead atoms. The van der Waals surface area contributed by atoms with Crippen LogP contribution in [0.25, 0.3) is 10.9 Å². The average molecular weight is 286 g/mol. The lowest BCUT2D eigenvalue weighted by Gasteiger charge is -2.11. The van der Waals surface area contributed by atoms with Crippen molar-refractivity contribution < 1.29 is 10.0 Å². The first kappa shape index (κ1) is 14.8. The predicted molar refractivity (Wildman–Crippen MR) is 81.0 cm³/mol. The summed E-state index contributed by atoms with van der Waals surface area (Å²) in [4.78, 5) is 16.2. The molecule has 110 valence electrons. The maximum absolute atomic E-state index is 11.8. The Bertz CT molecular complexity index is 664. The topological polar surface area (TPSA) is 101 Å². The van der Waals surface area contributed by atoms with Gasteiger partial charge in [0.2, 0.25) is 5.91 Å². The smallest absolute Gasteiger partial charge is 0.230 e. The number of nitrogens with zero attached hydrogens (tertiary/aromatic N) is 2. The van der Waals surface area contributed by atoms with Crippen LogP contribution in [-0.2, 0) is 11.2 Å². The molecule has 0 aliphatic rings. The largest absolute Gasteiger partial charge is 0.409 e. The summed E-state index contributed by atoms with van der Waals surface area (Å²) >= 11 is 0. The first-order valence-corrected chi connectivity index (χ1v) is 6.71. The van der Waals surface area contributed by atoms with Gasteiger partial charge in [0, 0.05) is 18.1 Å². The van der Waals surface area contributed by atoms with Crippen molar-refractivity contribution in [3.05, 3.63) is 42.1 Å². The third-order valence-electron chi connectivity index (χ3n) is 3.36. The molecule has 0 fully saturated rings. The highest BCUT2D eigenvalue weighted by Crippen LogP contribution is 2.15. The second-order valence-electron chi connectivity index (χ2n) is 4.78. The van der Waals surface area contributed by atoms with Crippen molar-refractivity contribution in [3.63, 3.8) is 0 Å². The van der Waals surface area contributed by atoms with E-state index < -0.39 is 5.92 Å². The van der Waals surface area contributed by atoms with E-state index in [1.54, 1.807) is 13.1 Å². The number of carbonyl (C=O) groups is 1. The van der Waals surface area contributed by atoms with Crippen LogP contribution in [0.3, 0.4) is 0 Å². The number of oxime groups is 1. The number of hydrogen-bond acceptors (Lipinski definition) is 4. The normalized spacial score (nSPS) is 13.1. The summed E-state index contributed by atoms with van der Waals surface area (Å²) < 4.78 is 0. The van der Waals surface area contributed by atoms with Crippen molar-refractivity contribution in [2.75, 3.05) is 6.54 Å². The Morgan fingerprint density at radius 3 is 2.95 bits per heavy atom. The summed E-state index contributed by atoms with van der Waals surface area (Å²) in [6.45, 7) is 2.06. The quantitative estimate of drug-likeness (QED) is 0.333.